The van der Waals surface area contributed by atoms with E-state index < -0.39 is 0 Å². The molecule has 0 bridgehead atoms. The Bertz CT molecular complexity index is 350. The third-order valence-corrected chi connectivity index (χ3v) is 3.77. The van der Waals surface area contributed by atoms with Gasteiger partial charge in [-0.25, -0.2) is 4.39 Å². The summed E-state index contributed by atoms with van der Waals surface area (Å²) in [7, 11) is 0. The van der Waals surface area contributed by atoms with Crippen molar-refractivity contribution in [2.45, 2.75) is 51.9 Å². The van der Waals surface area contributed by atoms with E-state index in [0.717, 1.165) is 17.9 Å². The van der Waals surface area contributed by atoms with Crippen LogP contribution in [0.3, 0.4) is 0 Å². The zero-order valence-electron chi connectivity index (χ0n) is 10.3. The number of rotatable bonds is 4. The molecule has 1 aromatic rings. The van der Waals surface area contributed by atoms with Crippen molar-refractivity contribution in [1.29, 1.82) is 0 Å². The number of hydrogen-bond acceptors (Lipinski definition) is 0. The molecule has 2 rings (SSSR count). The Balaban J connectivity index is 2.09. The molecule has 1 heteroatoms. The Hall–Kier alpha value is -0.850. The molecule has 1 fully saturated rings. The quantitative estimate of drug-likeness (QED) is 0.691. The Morgan fingerprint density at radius 3 is 2.62 bits per heavy atom. The fourth-order valence-electron chi connectivity index (χ4n) is 2.59. The van der Waals surface area contributed by atoms with Crippen molar-refractivity contribution in [3.63, 3.8) is 0 Å². The second-order valence-electron chi connectivity index (χ2n) is 5.30. The lowest BCUT2D eigenvalue weighted by Crippen LogP contribution is -2.12. The SMILES string of the molecule is CC(C)c1c(F)cccc1CCC1CCC1. The summed E-state index contributed by atoms with van der Waals surface area (Å²) in [4.78, 5) is 0. The molecule has 0 radical (unpaired) electrons. The molecule has 0 unspecified atom stereocenters. The van der Waals surface area contributed by atoms with Crippen molar-refractivity contribution in [3.05, 3.63) is 35.1 Å². The monoisotopic (exact) mass is 220 g/mol. The predicted molar refractivity (Wildman–Crippen MR) is 66.2 cm³/mol. The highest BCUT2D eigenvalue weighted by Crippen LogP contribution is 2.32. The first-order valence-electron chi connectivity index (χ1n) is 6.45. The van der Waals surface area contributed by atoms with Gasteiger partial charge in [0.15, 0.2) is 0 Å². The fourth-order valence-corrected chi connectivity index (χ4v) is 2.59. The van der Waals surface area contributed by atoms with Crippen LogP contribution in [-0.4, -0.2) is 0 Å². The normalized spacial score (nSPS) is 16.5. The third kappa shape index (κ3) is 2.45. The Morgan fingerprint density at radius 2 is 2.06 bits per heavy atom. The minimum atomic E-state index is -0.0268. The minimum Gasteiger partial charge on any atom is -0.207 e. The van der Waals surface area contributed by atoms with Crippen molar-refractivity contribution < 1.29 is 4.39 Å². The van der Waals surface area contributed by atoms with E-state index in [2.05, 4.69) is 19.9 Å². The molecule has 1 aromatic carbocycles. The molecule has 0 aromatic heterocycles. The second kappa shape index (κ2) is 4.99. The fraction of sp³-hybridized carbons (Fsp3) is 0.600. The van der Waals surface area contributed by atoms with Gasteiger partial charge < -0.3 is 0 Å². The molecule has 88 valence electrons. The van der Waals surface area contributed by atoms with E-state index in [-0.39, 0.29) is 11.7 Å². The molecule has 0 atom stereocenters. The van der Waals surface area contributed by atoms with Crippen molar-refractivity contribution >= 4 is 0 Å². The number of hydrogen-bond donors (Lipinski definition) is 0. The van der Waals surface area contributed by atoms with E-state index in [1.54, 1.807) is 6.07 Å². The second-order valence-corrected chi connectivity index (χ2v) is 5.30. The van der Waals surface area contributed by atoms with Crippen LogP contribution in [0.15, 0.2) is 18.2 Å². The molecule has 1 aliphatic carbocycles. The smallest absolute Gasteiger partial charge is 0.126 e. The van der Waals surface area contributed by atoms with E-state index in [1.165, 1.54) is 31.2 Å². The maximum atomic E-state index is 13.7. The first-order chi connectivity index (χ1) is 7.68. The largest absolute Gasteiger partial charge is 0.207 e. The van der Waals surface area contributed by atoms with Crippen molar-refractivity contribution in [1.82, 2.24) is 0 Å². The molecule has 1 aliphatic rings. The van der Waals surface area contributed by atoms with Crippen molar-refractivity contribution in [2.75, 3.05) is 0 Å². The molecule has 0 heterocycles. The van der Waals surface area contributed by atoms with Gasteiger partial charge in [0, 0.05) is 0 Å². The zero-order chi connectivity index (χ0) is 11.5. The van der Waals surface area contributed by atoms with E-state index in [1.807, 2.05) is 6.07 Å². The molecule has 0 aliphatic heterocycles. The van der Waals surface area contributed by atoms with E-state index >= 15 is 0 Å². The maximum absolute atomic E-state index is 13.7. The minimum absolute atomic E-state index is 0.0268. The summed E-state index contributed by atoms with van der Waals surface area (Å²) < 4.78 is 13.7. The van der Waals surface area contributed by atoms with Crippen LogP contribution in [0.4, 0.5) is 4.39 Å². The van der Waals surface area contributed by atoms with Gasteiger partial charge >= 0.3 is 0 Å². The number of halogens is 1. The summed E-state index contributed by atoms with van der Waals surface area (Å²) >= 11 is 0. The summed E-state index contributed by atoms with van der Waals surface area (Å²) in [5.41, 5.74) is 2.16. The van der Waals surface area contributed by atoms with Gasteiger partial charge in [0.25, 0.3) is 0 Å². The molecule has 16 heavy (non-hydrogen) atoms. The summed E-state index contributed by atoms with van der Waals surface area (Å²) in [5.74, 6) is 1.17. The average Bonchev–Trinajstić information content (AvgIpc) is 2.14. The first-order valence-corrected chi connectivity index (χ1v) is 6.45. The molecule has 0 spiro atoms. The first kappa shape index (κ1) is 11.6. The van der Waals surface area contributed by atoms with Crippen LogP contribution >= 0.6 is 0 Å². The highest BCUT2D eigenvalue weighted by atomic mass is 19.1. The van der Waals surface area contributed by atoms with Crippen LogP contribution in [-0.2, 0) is 6.42 Å². The van der Waals surface area contributed by atoms with Gasteiger partial charge in [-0.2, -0.15) is 0 Å². The van der Waals surface area contributed by atoms with Gasteiger partial charge in [-0.1, -0.05) is 45.2 Å². The summed E-state index contributed by atoms with van der Waals surface area (Å²) in [6.45, 7) is 4.15. The summed E-state index contributed by atoms with van der Waals surface area (Å²) in [6, 6.07) is 5.52. The molecule has 0 saturated heterocycles. The number of benzene rings is 1. The highest BCUT2D eigenvalue weighted by Gasteiger charge is 2.18. The van der Waals surface area contributed by atoms with Gasteiger partial charge in [-0.05, 0) is 41.9 Å². The van der Waals surface area contributed by atoms with Gasteiger partial charge in [-0.3, -0.25) is 0 Å². The number of aryl methyl sites for hydroxylation is 1. The highest BCUT2D eigenvalue weighted by molar-refractivity contribution is 5.31. The van der Waals surface area contributed by atoms with Crippen LogP contribution in [0.1, 0.15) is 56.6 Å². The Morgan fingerprint density at radius 1 is 1.31 bits per heavy atom. The lowest BCUT2D eigenvalue weighted by atomic mass is 9.80. The van der Waals surface area contributed by atoms with Crippen LogP contribution in [0.5, 0.6) is 0 Å². The summed E-state index contributed by atoms with van der Waals surface area (Å²) in [5, 5.41) is 0. The zero-order valence-corrected chi connectivity index (χ0v) is 10.3. The maximum Gasteiger partial charge on any atom is 0.126 e. The average molecular weight is 220 g/mol. The van der Waals surface area contributed by atoms with E-state index in [0.29, 0.717) is 0 Å². The van der Waals surface area contributed by atoms with Crippen LogP contribution < -0.4 is 0 Å². The Kier molecular flexibility index (Phi) is 3.63. The van der Waals surface area contributed by atoms with Gasteiger partial charge in [-0.15, -0.1) is 0 Å². The predicted octanol–water partition coefficient (Wildman–Crippen LogP) is 4.68. The molecule has 1 saturated carbocycles. The standard InChI is InChI=1S/C15H21F/c1-11(2)15-13(7-4-8-14(15)16)10-9-12-5-3-6-12/h4,7-8,11-12H,3,5-6,9-10H2,1-2H3. The third-order valence-electron chi connectivity index (χ3n) is 3.77. The van der Waals surface area contributed by atoms with Crippen LogP contribution in [0.25, 0.3) is 0 Å². The van der Waals surface area contributed by atoms with Gasteiger partial charge in [0.1, 0.15) is 5.82 Å². The van der Waals surface area contributed by atoms with Crippen molar-refractivity contribution in [3.8, 4) is 0 Å². The van der Waals surface area contributed by atoms with Crippen molar-refractivity contribution in [2.24, 2.45) is 5.92 Å². The Labute approximate surface area is 97.9 Å². The van der Waals surface area contributed by atoms with E-state index in [4.69, 9.17) is 0 Å². The van der Waals surface area contributed by atoms with Gasteiger partial charge in [0.2, 0.25) is 0 Å². The lowest BCUT2D eigenvalue weighted by Gasteiger charge is -2.25. The van der Waals surface area contributed by atoms with Crippen LogP contribution in [0, 0.1) is 11.7 Å². The van der Waals surface area contributed by atoms with Gasteiger partial charge in [0.05, 0.1) is 0 Å². The molecule has 0 amide bonds. The van der Waals surface area contributed by atoms with Crippen LogP contribution in [0.2, 0.25) is 0 Å². The molecule has 0 nitrogen and oxygen atoms in total. The molecule has 0 N–H and O–H groups in total. The topological polar surface area (TPSA) is 0 Å². The molecular weight excluding hydrogens is 199 g/mol. The molecular formula is C15H21F. The lowest BCUT2D eigenvalue weighted by molar-refractivity contribution is 0.296. The van der Waals surface area contributed by atoms with E-state index in [9.17, 15) is 4.39 Å². The summed E-state index contributed by atoms with van der Waals surface area (Å²) in [6.07, 6.45) is 6.45.